The zero-order valence-electron chi connectivity index (χ0n) is 12.5. The molecule has 5 heteroatoms. The van der Waals surface area contributed by atoms with Crippen LogP contribution in [0.2, 0.25) is 0 Å². The van der Waals surface area contributed by atoms with Gasteiger partial charge in [0.1, 0.15) is 5.75 Å². The lowest BCUT2D eigenvalue weighted by atomic mass is 10.1. The van der Waals surface area contributed by atoms with E-state index in [1.165, 1.54) is 12.1 Å². The Kier molecular flexibility index (Phi) is 6.72. The predicted octanol–water partition coefficient (Wildman–Crippen LogP) is 3.62. The van der Waals surface area contributed by atoms with Crippen LogP contribution in [-0.2, 0) is 0 Å². The Hall–Kier alpha value is -2.24. The van der Waals surface area contributed by atoms with Crippen molar-refractivity contribution in [1.29, 1.82) is 0 Å². The van der Waals surface area contributed by atoms with E-state index in [0.29, 0.717) is 18.7 Å². The molecule has 0 aliphatic heterocycles. The van der Waals surface area contributed by atoms with Gasteiger partial charge in [0.25, 0.3) is 0 Å². The summed E-state index contributed by atoms with van der Waals surface area (Å²) >= 11 is 0. The first-order valence-electron chi connectivity index (χ1n) is 7.30. The van der Waals surface area contributed by atoms with Gasteiger partial charge in [-0.15, -0.1) is 0 Å². The second-order valence-corrected chi connectivity index (χ2v) is 4.94. The third-order valence-corrected chi connectivity index (χ3v) is 3.18. The van der Waals surface area contributed by atoms with Gasteiger partial charge < -0.3 is 15.2 Å². The number of hydrogen-bond donors (Lipinski definition) is 2. The SMILES string of the molecule is OC(CNC/C=C/c1ccccc1)c1cccc(OC(F)F)c1. The first kappa shape index (κ1) is 17.1. The molecule has 1 atom stereocenters. The van der Waals surface area contributed by atoms with E-state index >= 15 is 0 Å². The molecule has 2 N–H and O–H groups in total. The van der Waals surface area contributed by atoms with Crippen molar-refractivity contribution in [1.82, 2.24) is 5.32 Å². The highest BCUT2D eigenvalue weighted by Gasteiger charge is 2.09. The van der Waals surface area contributed by atoms with E-state index in [2.05, 4.69) is 10.1 Å². The van der Waals surface area contributed by atoms with E-state index in [1.54, 1.807) is 12.1 Å². The van der Waals surface area contributed by atoms with E-state index in [-0.39, 0.29) is 5.75 Å². The molecule has 0 fully saturated rings. The molecular weight excluding hydrogens is 300 g/mol. The van der Waals surface area contributed by atoms with Gasteiger partial charge in [-0.3, -0.25) is 0 Å². The molecule has 0 bridgehead atoms. The fraction of sp³-hybridized carbons (Fsp3) is 0.222. The molecule has 2 rings (SSSR count). The van der Waals surface area contributed by atoms with Crippen LogP contribution in [0.5, 0.6) is 5.75 Å². The standard InChI is InChI=1S/C18H19F2NO2/c19-18(20)23-16-10-4-9-15(12-16)17(22)13-21-11-5-8-14-6-2-1-3-7-14/h1-10,12,17-18,21-22H,11,13H2/b8-5+. The summed E-state index contributed by atoms with van der Waals surface area (Å²) in [5.41, 5.74) is 1.63. The number of halogens is 2. The highest BCUT2D eigenvalue weighted by Crippen LogP contribution is 2.20. The van der Waals surface area contributed by atoms with Crippen molar-refractivity contribution in [2.45, 2.75) is 12.7 Å². The summed E-state index contributed by atoms with van der Waals surface area (Å²) in [5.74, 6) is 0.0422. The Bertz CT molecular complexity index is 617. The van der Waals surface area contributed by atoms with Gasteiger partial charge in [0.05, 0.1) is 6.10 Å². The summed E-state index contributed by atoms with van der Waals surface area (Å²) < 4.78 is 28.7. The lowest BCUT2D eigenvalue weighted by molar-refractivity contribution is -0.0499. The van der Waals surface area contributed by atoms with Crippen molar-refractivity contribution >= 4 is 6.08 Å². The fourth-order valence-corrected chi connectivity index (χ4v) is 2.08. The van der Waals surface area contributed by atoms with Crippen LogP contribution in [0.4, 0.5) is 8.78 Å². The van der Waals surface area contributed by atoms with Gasteiger partial charge in [-0.2, -0.15) is 8.78 Å². The number of rotatable bonds is 8. The van der Waals surface area contributed by atoms with Crippen LogP contribution in [-0.4, -0.2) is 24.8 Å². The number of benzene rings is 2. The zero-order valence-corrected chi connectivity index (χ0v) is 12.5. The Morgan fingerprint density at radius 1 is 1.09 bits per heavy atom. The highest BCUT2D eigenvalue weighted by atomic mass is 19.3. The highest BCUT2D eigenvalue weighted by molar-refractivity contribution is 5.48. The number of nitrogens with one attached hydrogen (secondary N) is 1. The maximum atomic E-state index is 12.2. The molecule has 3 nitrogen and oxygen atoms in total. The quantitative estimate of drug-likeness (QED) is 0.730. The van der Waals surface area contributed by atoms with Crippen LogP contribution in [0.25, 0.3) is 6.08 Å². The molecule has 0 amide bonds. The molecule has 0 radical (unpaired) electrons. The third-order valence-electron chi connectivity index (χ3n) is 3.18. The predicted molar refractivity (Wildman–Crippen MR) is 86.4 cm³/mol. The molecule has 0 aliphatic carbocycles. The monoisotopic (exact) mass is 319 g/mol. The molecule has 2 aromatic carbocycles. The molecule has 0 aromatic heterocycles. The van der Waals surface area contributed by atoms with Gasteiger partial charge >= 0.3 is 6.61 Å². The van der Waals surface area contributed by atoms with Gasteiger partial charge in [-0.1, -0.05) is 54.6 Å². The van der Waals surface area contributed by atoms with Gasteiger partial charge in [-0.05, 0) is 23.3 Å². The molecular formula is C18H19F2NO2. The summed E-state index contributed by atoms with van der Waals surface area (Å²) in [6, 6.07) is 16.0. The van der Waals surface area contributed by atoms with E-state index in [9.17, 15) is 13.9 Å². The maximum absolute atomic E-state index is 12.2. The Labute approximate surface area is 134 Å². The number of alkyl halides is 2. The second-order valence-electron chi connectivity index (χ2n) is 4.94. The maximum Gasteiger partial charge on any atom is 0.387 e. The van der Waals surface area contributed by atoms with Gasteiger partial charge in [0.15, 0.2) is 0 Å². The van der Waals surface area contributed by atoms with Crippen molar-refractivity contribution < 1.29 is 18.6 Å². The average Bonchev–Trinajstić information content (AvgIpc) is 2.55. The molecule has 0 spiro atoms. The fourth-order valence-electron chi connectivity index (χ4n) is 2.08. The number of aliphatic hydroxyl groups excluding tert-OH is 1. The van der Waals surface area contributed by atoms with Gasteiger partial charge in [0.2, 0.25) is 0 Å². The lowest BCUT2D eigenvalue weighted by Crippen LogP contribution is -2.21. The smallest absolute Gasteiger partial charge is 0.387 e. The molecule has 23 heavy (non-hydrogen) atoms. The van der Waals surface area contributed by atoms with Crippen LogP contribution in [0.15, 0.2) is 60.7 Å². The summed E-state index contributed by atoms with van der Waals surface area (Å²) in [7, 11) is 0. The second kappa shape index (κ2) is 9.02. The third kappa shape index (κ3) is 6.18. The van der Waals surface area contributed by atoms with Crippen LogP contribution in [0.3, 0.4) is 0 Å². The number of hydrogen-bond acceptors (Lipinski definition) is 3. The van der Waals surface area contributed by atoms with E-state index < -0.39 is 12.7 Å². The molecule has 122 valence electrons. The normalized spacial score (nSPS) is 12.7. The molecule has 1 unspecified atom stereocenters. The van der Waals surface area contributed by atoms with E-state index in [4.69, 9.17) is 0 Å². The average molecular weight is 319 g/mol. The topological polar surface area (TPSA) is 41.5 Å². The Morgan fingerprint density at radius 2 is 1.87 bits per heavy atom. The van der Waals surface area contributed by atoms with Crippen molar-refractivity contribution in [3.63, 3.8) is 0 Å². The Balaban J connectivity index is 1.78. The number of aliphatic hydroxyl groups is 1. The lowest BCUT2D eigenvalue weighted by Gasteiger charge is -2.13. The van der Waals surface area contributed by atoms with Crippen molar-refractivity contribution in [3.05, 3.63) is 71.8 Å². The Morgan fingerprint density at radius 3 is 2.61 bits per heavy atom. The molecule has 0 heterocycles. The van der Waals surface area contributed by atoms with Crippen molar-refractivity contribution in [3.8, 4) is 5.75 Å². The van der Waals surface area contributed by atoms with E-state index in [1.807, 2.05) is 42.5 Å². The minimum Gasteiger partial charge on any atom is -0.435 e. The van der Waals surface area contributed by atoms with Crippen LogP contribution in [0, 0.1) is 0 Å². The van der Waals surface area contributed by atoms with E-state index in [0.717, 1.165) is 5.56 Å². The minimum absolute atomic E-state index is 0.0422. The minimum atomic E-state index is -2.87. The summed E-state index contributed by atoms with van der Waals surface area (Å²) in [5, 5.41) is 13.2. The first-order valence-corrected chi connectivity index (χ1v) is 7.30. The zero-order chi connectivity index (χ0) is 16.5. The van der Waals surface area contributed by atoms with Crippen molar-refractivity contribution in [2.24, 2.45) is 0 Å². The van der Waals surface area contributed by atoms with Crippen LogP contribution >= 0.6 is 0 Å². The molecule has 2 aromatic rings. The number of ether oxygens (including phenoxy) is 1. The largest absolute Gasteiger partial charge is 0.435 e. The summed E-state index contributed by atoms with van der Waals surface area (Å²) in [4.78, 5) is 0. The molecule has 0 saturated carbocycles. The summed E-state index contributed by atoms with van der Waals surface area (Å²) in [6.45, 7) is -1.96. The van der Waals surface area contributed by atoms with Crippen molar-refractivity contribution in [2.75, 3.05) is 13.1 Å². The van der Waals surface area contributed by atoms with Crippen LogP contribution < -0.4 is 10.1 Å². The molecule has 0 aliphatic rings. The van der Waals surface area contributed by atoms with Crippen LogP contribution in [0.1, 0.15) is 17.2 Å². The first-order chi connectivity index (χ1) is 11.1. The van der Waals surface area contributed by atoms with Gasteiger partial charge in [0, 0.05) is 13.1 Å². The van der Waals surface area contributed by atoms with Gasteiger partial charge in [-0.25, -0.2) is 0 Å². The summed E-state index contributed by atoms with van der Waals surface area (Å²) in [6.07, 6.45) is 3.15. The molecule has 0 saturated heterocycles.